The van der Waals surface area contributed by atoms with Gasteiger partial charge in [-0.1, -0.05) is 182 Å². The number of rotatable bonds is 4. The van der Waals surface area contributed by atoms with Gasteiger partial charge >= 0.3 is 0 Å². The van der Waals surface area contributed by atoms with Crippen LogP contribution in [0.5, 0.6) is 0 Å². The lowest BCUT2D eigenvalue weighted by molar-refractivity contribution is 1.63. The van der Waals surface area contributed by atoms with Gasteiger partial charge in [0.05, 0.1) is 9.40 Å². The van der Waals surface area contributed by atoms with Gasteiger partial charge in [0.2, 0.25) is 0 Å². The zero-order chi connectivity index (χ0) is 41.9. The molecule has 14 aromatic rings. The summed E-state index contributed by atoms with van der Waals surface area (Å²) in [4.78, 5) is 0. The van der Waals surface area contributed by atoms with Gasteiger partial charge in [0.25, 0.3) is 0 Å². The Balaban J connectivity index is 0.925. The lowest BCUT2D eigenvalue weighted by Gasteiger charge is -2.20. The SMILES string of the molecule is c1cc(-c2ccc3ccccc3c2)cc(-c2c3ccccc3c(-c3ccc(-c4ccc5cc6sc7c(ccc8c9ccccc9sc87)c6cc5c4)c4ccccc34)c3ccccc23)c1. The number of thiophene rings is 2. The zero-order valence-electron chi connectivity index (χ0n) is 34.6. The first-order valence-electron chi connectivity index (χ1n) is 22.0. The van der Waals surface area contributed by atoms with Gasteiger partial charge < -0.3 is 0 Å². The van der Waals surface area contributed by atoms with Crippen LogP contribution >= 0.6 is 22.7 Å². The van der Waals surface area contributed by atoms with Crippen molar-refractivity contribution in [2.45, 2.75) is 0 Å². The minimum Gasteiger partial charge on any atom is -0.134 e. The molecule has 0 aliphatic heterocycles. The third-order valence-corrected chi connectivity index (χ3v) is 16.1. The minimum absolute atomic E-state index is 1.22. The van der Waals surface area contributed by atoms with Gasteiger partial charge in [-0.3, -0.25) is 0 Å². The molecule has 64 heavy (non-hydrogen) atoms. The van der Waals surface area contributed by atoms with Crippen LogP contribution < -0.4 is 0 Å². The molecule has 14 rings (SSSR count). The molecule has 2 aromatic heterocycles. The van der Waals surface area contributed by atoms with E-state index in [9.17, 15) is 0 Å². The molecule has 0 atom stereocenters. The zero-order valence-corrected chi connectivity index (χ0v) is 36.2. The summed E-state index contributed by atoms with van der Waals surface area (Å²) in [6.45, 7) is 0. The van der Waals surface area contributed by atoms with E-state index < -0.39 is 0 Å². The fourth-order valence-electron chi connectivity index (χ4n) is 10.6. The molecule has 0 saturated heterocycles. The quantitative estimate of drug-likeness (QED) is 0.155. The fraction of sp³-hybridized carbons (Fsp3) is 0. The summed E-state index contributed by atoms with van der Waals surface area (Å²) in [6.07, 6.45) is 0. The molecule has 0 fully saturated rings. The third-order valence-electron chi connectivity index (χ3n) is 13.6. The normalized spacial score (nSPS) is 12.1. The second-order valence-corrected chi connectivity index (χ2v) is 19.2. The van der Waals surface area contributed by atoms with Gasteiger partial charge in [-0.05, 0) is 135 Å². The van der Waals surface area contributed by atoms with E-state index in [4.69, 9.17) is 0 Å². The summed E-state index contributed by atoms with van der Waals surface area (Å²) in [6, 6.07) is 81.7. The predicted molar refractivity (Wildman–Crippen MR) is 281 cm³/mol. The Morgan fingerprint density at radius 1 is 0.219 bits per heavy atom. The van der Waals surface area contributed by atoms with Crippen molar-refractivity contribution in [3.8, 4) is 44.5 Å². The standard InChI is InChI=1S/C62H36S2/c1-2-13-38-32-40(25-24-37(38)12-1)39-14-11-15-43(33-39)59-49-19-5-7-21-51(49)60(52-22-8-6-20-50(52)59)53-29-28-45(46-16-3-4-17-47(46)53)42-27-26-41-36-58-56(35-44(41)34-42)55-31-30-54-48-18-9-10-23-57(48)63-61(54)62(55)64-58/h1-36H. The molecule has 2 heteroatoms. The van der Waals surface area contributed by atoms with Crippen molar-refractivity contribution < 1.29 is 0 Å². The molecule has 296 valence electrons. The average Bonchev–Trinajstić information content (AvgIpc) is 3.92. The van der Waals surface area contributed by atoms with E-state index in [0.29, 0.717) is 0 Å². The maximum absolute atomic E-state index is 2.43. The average molecular weight is 845 g/mol. The molecular formula is C62H36S2. The number of hydrogen-bond acceptors (Lipinski definition) is 2. The highest BCUT2D eigenvalue weighted by Crippen LogP contribution is 2.48. The van der Waals surface area contributed by atoms with E-state index in [-0.39, 0.29) is 0 Å². The summed E-state index contributed by atoms with van der Waals surface area (Å²) < 4.78 is 5.50. The molecule has 0 radical (unpaired) electrons. The van der Waals surface area contributed by atoms with Crippen LogP contribution in [0.25, 0.3) is 139 Å². The molecular weight excluding hydrogens is 809 g/mol. The van der Waals surface area contributed by atoms with Crippen molar-refractivity contribution in [2.75, 3.05) is 0 Å². The maximum atomic E-state index is 2.43. The molecule has 12 aromatic carbocycles. The largest absolute Gasteiger partial charge is 0.134 e. The van der Waals surface area contributed by atoms with Gasteiger partial charge in [0.1, 0.15) is 0 Å². The van der Waals surface area contributed by atoms with Crippen LogP contribution in [0, 0.1) is 0 Å². The van der Waals surface area contributed by atoms with Crippen LogP contribution in [0.3, 0.4) is 0 Å². The van der Waals surface area contributed by atoms with Crippen LogP contribution in [-0.2, 0) is 0 Å². The van der Waals surface area contributed by atoms with Gasteiger partial charge in [0, 0.05) is 30.9 Å². The number of benzene rings is 12. The molecule has 0 spiro atoms. The fourth-order valence-corrected chi connectivity index (χ4v) is 13.2. The predicted octanol–water partition coefficient (Wildman–Crippen LogP) is 18.9. The van der Waals surface area contributed by atoms with E-state index in [1.807, 2.05) is 22.7 Å². The smallest absolute Gasteiger partial charge is 0.0534 e. The second kappa shape index (κ2) is 13.9. The molecule has 0 amide bonds. The molecule has 0 nitrogen and oxygen atoms in total. The van der Waals surface area contributed by atoms with Crippen molar-refractivity contribution in [3.05, 3.63) is 218 Å². The molecule has 2 heterocycles. The molecule has 0 unspecified atom stereocenters. The monoisotopic (exact) mass is 844 g/mol. The first-order chi connectivity index (χ1) is 31.7. The van der Waals surface area contributed by atoms with Crippen LogP contribution in [0.4, 0.5) is 0 Å². The highest BCUT2D eigenvalue weighted by molar-refractivity contribution is 7.33. The minimum atomic E-state index is 1.22. The highest BCUT2D eigenvalue weighted by atomic mass is 32.1. The van der Waals surface area contributed by atoms with Gasteiger partial charge in [-0.2, -0.15) is 0 Å². The lowest BCUT2D eigenvalue weighted by Crippen LogP contribution is -1.93. The number of hydrogen-bond donors (Lipinski definition) is 0. The van der Waals surface area contributed by atoms with Crippen molar-refractivity contribution in [1.29, 1.82) is 0 Å². The van der Waals surface area contributed by atoms with E-state index in [0.717, 1.165) is 0 Å². The van der Waals surface area contributed by atoms with Crippen LogP contribution in [0.1, 0.15) is 0 Å². The summed E-state index contributed by atoms with van der Waals surface area (Å²) in [5.74, 6) is 0. The first-order valence-corrected chi connectivity index (χ1v) is 23.6. The Bertz CT molecular complexity index is 4200. The van der Waals surface area contributed by atoms with Crippen LogP contribution in [0.2, 0.25) is 0 Å². The summed E-state index contributed by atoms with van der Waals surface area (Å²) in [5, 5.41) is 18.0. The van der Waals surface area contributed by atoms with Crippen molar-refractivity contribution in [1.82, 2.24) is 0 Å². The van der Waals surface area contributed by atoms with Crippen molar-refractivity contribution in [2.24, 2.45) is 0 Å². The van der Waals surface area contributed by atoms with Crippen molar-refractivity contribution >= 4 is 117 Å². The molecule has 0 aliphatic rings. The van der Waals surface area contributed by atoms with Gasteiger partial charge in [0.15, 0.2) is 0 Å². The molecule has 0 saturated carbocycles. The van der Waals surface area contributed by atoms with Crippen LogP contribution in [-0.4, -0.2) is 0 Å². The lowest BCUT2D eigenvalue weighted by atomic mass is 9.83. The Labute approximate surface area is 377 Å². The van der Waals surface area contributed by atoms with Gasteiger partial charge in [-0.25, -0.2) is 0 Å². The second-order valence-electron chi connectivity index (χ2n) is 17.1. The van der Waals surface area contributed by atoms with E-state index in [1.54, 1.807) is 0 Å². The molecule has 0 aliphatic carbocycles. The van der Waals surface area contributed by atoms with Crippen molar-refractivity contribution in [3.63, 3.8) is 0 Å². The summed E-state index contributed by atoms with van der Waals surface area (Å²) >= 11 is 3.86. The third kappa shape index (κ3) is 5.40. The molecule has 0 bridgehead atoms. The van der Waals surface area contributed by atoms with E-state index in [1.165, 1.54) is 139 Å². The summed E-state index contributed by atoms with van der Waals surface area (Å²) in [7, 11) is 0. The Hall–Kier alpha value is -7.62. The van der Waals surface area contributed by atoms with E-state index in [2.05, 4.69) is 218 Å². The summed E-state index contributed by atoms with van der Waals surface area (Å²) in [5.41, 5.74) is 9.96. The van der Waals surface area contributed by atoms with Crippen LogP contribution in [0.15, 0.2) is 218 Å². The molecule has 0 N–H and O–H groups in total. The topological polar surface area (TPSA) is 0 Å². The maximum Gasteiger partial charge on any atom is 0.0534 e. The Morgan fingerprint density at radius 2 is 0.734 bits per heavy atom. The Morgan fingerprint density at radius 3 is 1.50 bits per heavy atom. The number of fused-ring (bicyclic) bond motifs is 12. The van der Waals surface area contributed by atoms with E-state index >= 15 is 0 Å². The Kier molecular flexibility index (Phi) is 7.83. The first kappa shape index (κ1) is 35.9. The van der Waals surface area contributed by atoms with Gasteiger partial charge in [-0.15, -0.1) is 22.7 Å². The highest BCUT2D eigenvalue weighted by Gasteiger charge is 2.20.